The van der Waals surface area contributed by atoms with Gasteiger partial charge in [0.15, 0.2) is 0 Å². The standard InChI is InChI=1S/C19H16ClN3O3/c20-13-5-1-2-6-14(13)21-12-19(24)23-16(18-8-4-10-26-18)11-15(22-23)17-7-3-9-25-17/h1-10,16,21H,11-12H2/t16-/m1/s1. The van der Waals surface area contributed by atoms with E-state index >= 15 is 0 Å². The molecule has 0 bridgehead atoms. The highest BCUT2D eigenvalue weighted by Crippen LogP contribution is 2.33. The smallest absolute Gasteiger partial charge is 0.262 e. The van der Waals surface area contributed by atoms with Gasteiger partial charge >= 0.3 is 0 Å². The maximum Gasteiger partial charge on any atom is 0.262 e. The topological polar surface area (TPSA) is 71.0 Å². The number of carbonyl (C=O) groups is 1. The van der Waals surface area contributed by atoms with Crippen molar-refractivity contribution in [3.63, 3.8) is 0 Å². The van der Waals surface area contributed by atoms with Crippen LogP contribution in [-0.4, -0.2) is 23.2 Å². The summed E-state index contributed by atoms with van der Waals surface area (Å²) in [6.45, 7) is 0.0654. The first-order valence-electron chi connectivity index (χ1n) is 8.17. The number of para-hydroxylation sites is 1. The predicted molar refractivity (Wildman–Crippen MR) is 98.1 cm³/mol. The summed E-state index contributed by atoms with van der Waals surface area (Å²) in [5.41, 5.74) is 1.41. The van der Waals surface area contributed by atoms with Crippen LogP contribution in [0.1, 0.15) is 24.0 Å². The minimum atomic E-state index is -0.300. The molecule has 2 aromatic heterocycles. The van der Waals surface area contributed by atoms with Crippen LogP contribution >= 0.6 is 11.6 Å². The van der Waals surface area contributed by atoms with Gasteiger partial charge in [0.25, 0.3) is 5.91 Å². The molecule has 1 aliphatic heterocycles. The van der Waals surface area contributed by atoms with E-state index in [-0.39, 0.29) is 18.5 Å². The molecular weight excluding hydrogens is 354 g/mol. The van der Waals surface area contributed by atoms with Crippen molar-refractivity contribution in [1.82, 2.24) is 5.01 Å². The number of amides is 1. The molecule has 1 N–H and O–H groups in total. The first kappa shape index (κ1) is 16.5. The average molecular weight is 370 g/mol. The van der Waals surface area contributed by atoms with Gasteiger partial charge in [-0.25, -0.2) is 5.01 Å². The van der Waals surface area contributed by atoms with E-state index < -0.39 is 0 Å². The Bertz CT molecular complexity index is 919. The summed E-state index contributed by atoms with van der Waals surface area (Å²) in [4.78, 5) is 12.8. The SMILES string of the molecule is O=C(CNc1ccccc1Cl)N1N=C(c2ccco2)C[C@@H]1c1ccco1. The Kier molecular flexibility index (Phi) is 4.50. The number of halogens is 1. The van der Waals surface area contributed by atoms with E-state index in [0.29, 0.717) is 34.4 Å². The number of nitrogens with one attached hydrogen (secondary N) is 1. The molecule has 26 heavy (non-hydrogen) atoms. The maximum atomic E-state index is 12.8. The molecule has 1 amide bonds. The van der Waals surface area contributed by atoms with Gasteiger partial charge in [0.1, 0.15) is 23.3 Å². The molecule has 0 aliphatic carbocycles. The Hall–Kier alpha value is -2.99. The first-order valence-corrected chi connectivity index (χ1v) is 8.55. The van der Waals surface area contributed by atoms with Gasteiger partial charge in [-0.1, -0.05) is 23.7 Å². The molecule has 6 nitrogen and oxygen atoms in total. The summed E-state index contributed by atoms with van der Waals surface area (Å²) in [5.74, 6) is 1.14. The molecule has 1 aromatic carbocycles. The van der Waals surface area contributed by atoms with Crippen molar-refractivity contribution in [2.24, 2.45) is 5.10 Å². The highest BCUT2D eigenvalue weighted by molar-refractivity contribution is 6.33. The van der Waals surface area contributed by atoms with Crippen molar-refractivity contribution >= 4 is 28.9 Å². The normalized spacial score (nSPS) is 16.6. The molecule has 7 heteroatoms. The largest absolute Gasteiger partial charge is 0.467 e. The van der Waals surface area contributed by atoms with Crippen LogP contribution in [0.25, 0.3) is 0 Å². The minimum Gasteiger partial charge on any atom is -0.467 e. The summed E-state index contributed by atoms with van der Waals surface area (Å²) < 4.78 is 10.9. The van der Waals surface area contributed by atoms with Crippen molar-refractivity contribution in [2.45, 2.75) is 12.5 Å². The lowest BCUT2D eigenvalue weighted by Crippen LogP contribution is -2.32. The lowest BCUT2D eigenvalue weighted by Gasteiger charge is -2.20. The average Bonchev–Trinajstić information content (AvgIpc) is 3.41. The zero-order valence-corrected chi connectivity index (χ0v) is 14.5. The van der Waals surface area contributed by atoms with Crippen LogP contribution in [-0.2, 0) is 4.79 Å². The van der Waals surface area contributed by atoms with Gasteiger partial charge in [-0.3, -0.25) is 4.79 Å². The van der Waals surface area contributed by atoms with Gasteiger partial charge in [-0.15, -0.1) is 0 Å². The lowest BCUT2D eigenvalue weighted by atomic mass is 10.1. The molecule has 0 spiro atoms. The molecule has 0 radical (unpaired) electrons. The van der Waals surface area contributed by atoms with Crippen molar-refractivity contribution in [3.8, 4) is 0 Å². The van der Waals surface area contributed by atoms with Crippen LogP contribution in [0, 0.1) is 0 Å². The van der Waals surface area contributed by atoms with Gasteiger partial charge < -0.3 is 14.2 Å². The first-order chi connectivity index (χ1) is 12.7. The summed E-state index contributed by atoms with van der Waals surface area (Å²) >= 11 is 6.13. The fourth-order valence-electron chi connectivity index (χ4n) is 2.89. The molecule has 3 heterocycles. The minimum absolute atomic E-state index is 0.0654. The summed E-state index contributed by atoms with van der Waals surface area (Å²) in [6, 6.07) is 14.2. The highest BCUT2D eigenvalue weighted by atomic mass is 35.5. The molecule has 132 valence electrons. The molecule has 0 saturated heterocycles. The molecule has 0 saturated carbocycles. The van der Waals surface area contributed by atoms with E-state index in [2.05, 4.69) is 10.4 Å². The number of rotatable bonds is 5. The van der Waals surface area contributed by atoms with Crippen LogP contribution < -0.4 is 5.32 Å². The van der Waals surface area contributed by atoms with Crippen molar-refractivity contribution in [3.05, 3.63) is 77.6 Å². The van der Waals surface area contributed by atoms with Crippen molar-refractivity contribution in [2.75, 3.05) is 11.9 Å². The molecular formula is C19H16ClN3O3. The highest BCUT2D eigenvalue weighted by Gasteiger charge is 2.35. The van der Waals surface area contributed by atoms with E-state index in [1.165, 1.54) is 5.01 Å². The Labute approximate surface area is 155 Å². The van der Waals surface area contributed by atoms with E-state index in [1.54, 1.807) is 30.7 Å². The third-order valence-electron chi connectivity index (χ3n) is 4.15. The Balaban J connectivity index is 1.54. The van der Waals surface area contributed by atoms with Gasteiger partial charge in [-0.2, -0.15) is 5.10 Å². The zero-order chi connectivity index (χ0) is 17.9. The summed E-state index contributed by atoms with van der Waals surface area (Å²) in [7, 11) is 0. The fraction of sp³-hybridized carbons (Fsp3) is 0.158. The zero-order valence-electron chi connectivity index (χ0n) is 13.8. The van der Waals surface area contributed by atoms with E-state index in [4.69, 9.17) is 20.4 Å². The van der Waals surface area contributed by atoms with Gasteiger partial charge in [0.2, 0.25) is 0 Å². The molecule has 0 unspecified atom stereocenters. The number of hydrazone groups is 1. The number of hydrogen-bond acceptors (Lipinski definition) is 5. The van der Waals surface area contributed by atoms with Gasteiger partial charge in [0, 0.05) is 6.42 Å². The second-order valence-corrected chi connectivity index (χ2v) is 6.24. The lowest BCUT2D eigenvalue weighted by molar-refractivity contribution is -0.131. The maximum absolute atomic E-state index is 12.8. The number of benzene rings is 1. The third-order valence-corrected chi connectivity index (χ3v) is 4.48. The number of carbonyl (C=O) groups excluding carboxylic acids is 1. The monoisotopic (exact) mass is 369 g/mol. The second kappa shape index (κ2) is 7.09. The predicted octanol–water partition coefficient (Wildman–Crippen LogP) is 4.32. The van der Waals surface area contributed by atoms with Crippen LogP contribution in [0.4, 0.5) is 5.69 Å². The summed E-state index contributed by atoms with van der Waals surface area (Å²) in [5, 5.41) is 9.54. The second-order valence-electron chi connectivity index (χ2n) is 5.83. The van der Waals surface area contributed by atoms with Gasteiger partial charge in [0.05, 0.1) is 29.8 Å². The van der Waals surface area contributed by atoms with E-state index in [1.807, 2.05) is 30.3 Å². The Morgan fingerprint density at radius 3 is 2.69 bits per heavy atom. The van der Waals surface area contributed by atoms with E-state index in [0.717, 1.165) is 0 Å². The molecule has 1 atom stereocenters. The summed E-state index contributed by atoms with van der Waals surface area (Å²) in [6.07, 6.45) is 3.70. The van der Waals surface area contributed by atoms with Crippen molar-refractivity contribution in [1.29, 1.82) is 0 Å². The third kappa shape index (κ3) is 3.23. The quantitative estimate of drug-likeness (QED) is 0.727. The van der Waals surface area contributed by atoms with Crippen LogP contribution in [0.15, 0.2) is 75.0 Å². The Morgan fingerprint density at radius 2 is 1.96 bits per heavy atom. The molecule has 0 fully saturated rings. The number of nitrogens with zero attached hydrogens (tertiary/aromatic N) is 2. The number of anilines is 1. The van der Waals surface area contributed by atoms with Crippen LogP contribution in [0.3, 0.4) is 0 Å². The molecule has 4 rings (SSSR count). The molecule has 3 aromatic rings. The number of hydrogen-bond donors (Lipinski definition) is 1. The molecule has 1 aliphatic rings. The number of furan rings is 2. The fourth-order valence-corrected chi connectivity index (χ4v) is 3.09. The Morgan fingerprint density at radius 1 is 1.15 bits per heavy atom. The van der Waals surface area contributed by atoms with Crippen LogP contribution in [0.5, 0.6) is 0 Å². The van der Waals surface area contributed by atoms with Crippen molar-refractivity contribution < 1.29 is 13.6 Å². The van der Waals surface area contributed by atoms with Crippen LogP contribution in [0.2, 0.25) is 5.02 Å². The van der Waals surface area contributed by atoms with E-state index in [9.17, 15) is 4.79 Å². The van der Waals surface area contributed by atoms with Gasteiger partial charge in [-0.05, 0) is 36.4 Å².